The van der Waals surface area contributed by atoms with Gasteiger partial charge in [-0.2, -0.15) is 0 Å². The number of carbonyl (C=O) groups is 2. The van der Waals surface area contributed by atoms with Crippen molar-refractivity contribution in [3.05, 3.63) is 0 Å². The topological polar surface area (TPSA) is 46.6 Å². The highest BCUT2D eigenvalue weighted by molar-refractivity contribution is 5.81. The maximum Gasteiger partial charge on any atom is 0.306 e. The summed E-state index contributed by atoms with van der Waals surface area (Å²) in [6.07, 6.45) is 2.34. The highest BCUT2D eigenvalue weighted by atomic mass is 16.5. The van der Waals surface area contributed by atoms with Gasteiger partial charge in [0.15, 0.2) is 0 Å². The molecule has 0 fully saturated rings. The molecule has 0 N–H and O–H groups in total. The lowest BCUT2D eigenvalue weighted by molar-refractivity contribution is -0.146. The minimum absolute atomic E-state index is 0.0254. The van der Waals surface area contributed by atoms with Crippen LogP contribution >= 0.6 is 0 Å². The molecule has 0 aliphatic rings. The molecule has 0 bridgehead atoms. The first-order chi connectivity index (χ1) is 7.65. The zero-order valence-electron chi connectivity index (χ0n) is 10.6. The van der Waals surface area contributed by atoms with E-state index in [0.717, 1.165) is 12.8 Å². The Kier molecular flexibility index (Phi) is 8.58. The summed E-state index contributed by atoms with van der Waals surface area (Å²) in [6, 6.07) is 0. The van der Waals surface area contributed by atoms with E-state index in [9.17, 15) is 9.59 Å². The molecule has 0 unspecified atom stereocenters. The van der Waals surface area contributed by atoms with Crippen molar-refractivity contribution in [2.45, 2.75) is 46.5 Å². The lowest BCUT2D eigenvalue weighted by Crippen LogP contribution is -2.30. The summed E-state index contributed by atoms with van der Waals surface area (Å²) in [5.41, 5.74) is 0. The lowest BCUT2D eigenvalue weighted by Gasteiger charge is -2.18. The van der Waals surface area contributed by atoms with Gasteiger partial charge in [-0.05, 0) is 20.3 Å². The molecule has 0 aliphatic carbocycles. The van der Waals surface area contributed by atoms with E-state index >= 15 is 0 Å². The smallest absolute Gasteiger partial charge is 0.306 e. The van der Waals surface area contributed by atoms with Crippen LogP contribution in [0.3, 0.4) is 0 Å². The molecular formula is C12H23NO3. The monoisotopic (exact) mass is 229 g/mol. The van der Waals surface area contributed by atoms with E-state index < -0.39 is 0 Å². The molecule has 0 atom stereocenters. The van der Waals surface area contributed by atoms with Gasteiger partial charge in [0.05, 0.1) is 13.0 Å². The Morgan fingerprint density at radius 1 is 1.06 bits per heavy atom. The Hall–Kier alpha value is -1.06. The molecule has 0 saturated carbocycles. The summed E-state index contributed by atoms with van der Waals surface area (Å²) >= 11 is 0. The van der Waals surface area contributed by atoms with Gasteiger partial charge >= 0.3 is 5.97 Å². The molecule has 1 amide bonds. The van der Waals surface area contributed by atoms with Crippen LogP contribution in [0.5, 0.6) is 0 Å². The van der Waals surface area contributed by atoms with Crippen LogP contribution in [-0.4, -0.2) is 36.5 Å². The van der Waals surface area contributed by atoms with Crippen molar-refractivity contribution in [2.24, 2.45) is 0 Å². The largest absolute Gasteiger partial charge is 0.466 e. The SMILES string of the molecule is CCCCOC(=O)CCC(=O)N(CC)CC. The summed E-state index contributed by atoms with van der Waals surface area (Å²) in [7, 11) is 0. The van der Waals surface area contributed by atoms with Gasteiger partial charge in [0.1, 0.15) is 0 Å². The first-order valence-electron chi connectivity index (χ1n) is 6.09. The fourth-order valence-corrected chi connectivity index (χ4v) is 1.35. The van der Waals surface area contributed by atoms with Gasteiger partial charge in [-0.3, -0.25) is 9.59 Å². The predicted octanol–water partition coefficient (Wildman–Crippen LogP) is 1.98. The Bertz CT molecular complexity index is 212. The standard InChI is InChI=1S/C12H23NO3/c1-4-7-10-16-12(15)9-8-11(14)13(5-2)6-3/h4-10H2,1-3H3. The van der Waals surface area contributed by atoms with Crippen LogP contribution < -0.4 is 0 Å². The molecule has 94 valence electrons. The number of amides is 1. The van der Waals surface area contributed by atoms with Gasteiger partial charge in [0.25, 0.3) is 0 Å². The molecule has 0 rings (SSSR count). The molecule has 0 heterocycles. The van der Waals surface area contributed by atoms with Crippen LogP contribution in [0.4, 0.5) is 0 Å². The molecular weight excluding hydrogens is 206 g/mol. The second-order valence-electron chi connectivity index (χ2n) is 3.64. The Morgan fingerprint density at radius 3 is 2.19 bits per heavy atom. The Labute approximate surface area is 98.0 Å². The quantitative estimate of drug-likeness (QED) is 0.472. The Morgan fingerprint density at radius 2 is 1.69 bits per heavy atom. The van der Waals surface area contributed by atoms with E-state index in [1.807, 2.05) is 20.8 Å². The summed E-state index contributed by atoms with van der Waals surface area (Å²) < 4.78 is 4.97. The van der Waals surface area contributed by atoms with Crippen molar-refractivity contribution in [2.75, 3.05) is 19.7 Å². The fourth-order valence-electron chi connectivity index (χ4n) is 1.35. The van der Waals surface area contributed by atoms with Crippen molar-refractivity contribution in [1.29, 1.82) is 0 Å². The van der Waals surface area contributed by atoms with Gasteiger partial charge in [0.2, 0.25) is 5.91 Å². The second kappa shape index (κ2) is 9.19. The van der Waals surface area contributed by atoms with E-state index in [1.54, 1.807) is 4.90 Å². The van der Waals surface area contributed by atoms with Gasteiger partial charge in [-0.15, -0.1) is 0 Å². The molecule has 0 aromatic rings. The highest BCUT2D eigenvalue weighted by Gasteiger charge is 2.12. The molecule has 4 heteroatoms. The van der Waals surface area contributed by atoms with Crippen LogP contribution in [0.15, 0.2) is 0 Å². The first-order valence-corrected chi connectivity index (χ1v) is 6.09. The predicted molar refractivity (Wildman–Crippen MR) is 63.0 cm³/mol. The van der Waals surface area contributed by atoms with E-state index in [2.05, 4.69) is 0 Å². The summed E-state index contributed by atoms with van der Waals surface area (Å²) in [4.78, 5) is 24.5. The lowest BCUT2D eigenvalue weighted by atomic mass is 10.2. The third kappa shape index (κ3) is 6.43. The molecule has 0 radical (unpaired) electrons. The maximum absolute atomic E-state index is 11.6. The number of esters is 1. The van der Waals surface area contributed by atoms with Gasteiger partial charge in [-0.25, -0.2) is 0 Å². The van der Waals surface area contributed by atoms with Crippen LogP contribution in [0, 0.1) is 0 Å². The summed E-state index contributed by atoms with van der Waals surface area (Å²) in [5, 5.41) is 0. The molecule has 16 heavy (non-hydrogen) atoms. The van der Waals surface area contributed by atoms with E-state index in [-0.39, 0.29) is 24.7 Å². The van der Waals surface area contributed by atoms with Crippen molar-refractivity contribution in [3.63, 3.8) is 0 Å². The van der Waals surface area contributed by atoms with Crippen molar-refractivity contribution in [3.8, 4) is 0 Å². The summed E-state index contributed by atoms with van der Waals surface area (Å²) in [6.45, 7) is 7.76. The molecule has 0 aromatic heterocycles. The number of rotatable bonds is 8. The third-order valence-corrected chi connectivity index (χ3v) is 2.42. The average Bonchev–Trinajstić information content (AvgIpc) is 2.28. The third-order valence-electron chi connectivity index (χ3n) is 2.42. The average molecular weight is 229 g/mol. The van der Waals surface area contributed by atoms with Gasteiger partial charge in [0, 0.05) is 19.5 Å². The van der Waals surface area contributed by atoms with E-state index in [1.165, 1.54) is 0 Å². The van der Waals surface area contributed by atoms with Crippen molar-refractivity contribution < 1.29 is 14.3 Å². The van der Waals surface area contributed by atoms with Gasteiger partial charge in [-0.1, -0.05) is 13.3 Å². The maximum atomic E-state index is 11.6. The zero-order chi connectivity index (χ0) is 12.4. The number of nitrogens with zero attached hydrogens (tertiary/aromatic N) is 1. The van der Waals surface area contributed by atoms with Crippen LogP contribution in [-0.2, 0) is 14.3 Å². The number of unbranched alkanes of at least 4 members (excludes halogenated alkanes) is 1. The van der Waals surface area contributed by atoms with Crippen molar-refractivity contribution in [1.82, 2.24) is 4.90 Å². The number of carbonyl (C=O) groups excluding carboxylic acids is 2. The fraction of sp³-hybridized carbons (Fsp3) is 0.833. The van der Waals surface area contributed by atoms with E-state index in [0.29, 0.717) is 19.7 Å². The number of hydrogen-bond acceptors (Lipinski definition) is 3. The number of ether oxygens (including phenoxy) is 1. The first kappa shape index (κ1) is 14.9. The molecule has 0 aliphatic heterocycles. The zero-order valence-corrected chi connectivity index (χ0v) is 10.6. The van der Waals surface area contributed by atoms with Crippen LogP contribution in [0.1, 0.15) is 46.5 Å². The number of hydrogen-bond donors (Lipinski definition) is 0. The molecule has 4 nitrogen and oxygen atoms in total. The summed E-state index contributed by atoms with van der Waals surface area (Å²) in [5.74, 6) is -0.244. The van der Waals surface area contributed by atoms with Crippen molar-refractivity contribution >= 4 is 11.9 Å². The highest BCUT2D eigenvalue weighted by Crippen LogP contribution is 2.00. The minimum atomic E-state index is -0.269. The normalized spacial score (nSPS) is 9.94. The molecule has 0 saturated heterocycles. The van der Waals surface area contributed by atoms with Crippen LogP contribution in [0.25, 0.3) is 0 Å². The Balaban J connectivity index is 3.70. The second-order valence-corrected chi connectivity index (χ2v) is 3.64. The molecule has 0 aromatic carbocycles. The van der Waals surface area contributed by atoms with Gasteiger partial charge < -0.3 is 9.64 Å². The van der Waals surface area contributed by atoms with E-state index in [4.69, 9.17) is 4.74 Å². The molecule has 0 spiro atoms. The minimum Gasteiger partial charge on any atom is -0.466 e. The van der Waals surface area contributed by atoms with Crippen LogP contribution in [0.2, 0.25) is 0 Å².